The van der Waals surface area contributed by atoms with Gasteiger partial charge in [-0.15, -0.1) is 0 Å². The van der Waals surface area contributed by atoms with Crippen molar-refractivity contribution in [2.75, 3.05) is 0 Å². The Balaban J connectivity index is 1.84. The topological polar surface area (TPSA) is 59.5 Å². The van der Waals surface area contributed by atoms with Gasteiger partial charge in [-0.1, -0.05) is 24.4 Å². The second-order valence-corrected chi connectivity index (χ2v) is 5.63. The third kappa shape index (κ3) is 3.13. The minimum absolute atomic E-state index is 0.00741. The minimum atomic E-state index is -0.00741. The van der Waals surface area contributed by atoms with E-state index in [0.717, 1.165) is 18.6 Å². The molecule has 1 amide bonds. The number of thiocarbonyl (C=S) groups is 1. The van der Waals surface area contributed by atoms with E-state index in [0.29, 0.717) is 28.7 Å². The summed E-state index contributed by atoms with van der Waals surface area (Å²) in [5, 5.41) is 0. The highest BCUT2D eigenvalue weighted by atomic mass is 32.1. The lowest BCUT2D eigenvalue weighted by Crippen LogP contribution is -2.32. The van der Waals surface area contributed by atoms with Crippen molar-refractivity contribution >= 4 is 23.1 Å². The number of carbonyl (C=O) groups excluding carboxylic acids is 1. The Morgan fingerprint density at radius 1 is 1.29 bits per heavy atom. The van der Waals surface area contributed by atoms with Gasteiger partial charge in [0.05, 0.1) is 12.8 Å². The van der Waals surface area contributed by atoms with Gasteiger partial charge in [0.15, 0.2) is 0 Å². The third-order valence-electron chi connectivity index (χ3n) is 3.55. The maximum atomic E-state index is 12.7. The maximum Gasteiger partial charge on any atom is 0.254 e. The summed E-state index contributed by atoms with van der Waals surface area (Å²) in [5.74, 6) is 0.785. The van der Waals surface area contributed by atoms with Crippen LogP contribution in [0.15, 0.2) is 47.1 Å². The third-order valence-corrected chi connectivity index (χ3v) is 3.78. The van der Waals surface area contributed by atoms with Gasteiger partial charge in [0, 0.05) is 17.2 Å². The summed E-state index contributed by atoms with van der Waals surface area (Å²) in [6, 6.07) is 11.2. The highest BCUT2D eigenvalue weighted by Gasteiger charge is 2.33. The molecule has 1 aliphatic carbocycles. The molecule has 0 aliphatic heterocycles. The molecule has 1 fully saturated rings. The molecule has 0 bridgehead atoms. The number of benzene rings is 1. The zero-order chi connectivity index (χ0) is 14.8. The lowest BCUT2D eigenvalue weighted by atomic mass is 10.1. The molecule has 0 saturated heterocycles. The van der Waals surface area contributed by atoms with E-state index in [2.05, 4.69) is 0 Å². The first-order valence-corrected chi connectivity index (χ1v) is 7.29. The Bertz CT molecular complexity index is 663. The van der Waals surface area contributed by atoms with Crippen LogP contribution in [-0.4, -0.2) is 21.8 Å². The molecule has 3 rings (SSSR count). The fourth-order valence-corrected chi connectivity index (χ4v) is 2.42. The Kier molecular flexibility index (Phi) is 3.75. The van der Waals surface area contributed by atoms with E-state index in [4.69, 9.17) is 22.4 Å². The monoisotopic (exact) mass is 300 g/mol. The predicted octanol–water partition coefficient (Wildman–Crippen LogP) is 2.72. The molecular weight excluding hydrogens is 284 g/mol. The molecule has 1 heterocycles. The van der Waals surface area contributed by atoms with Crippen LogP contribution in [0.2, 0.25) is 0 Å². The zero-order valence-electron chi connectivity index (χ0n) is 11.5. The highest BCUT2D eigenvalue weighted by molar-refractivity contribution is 7.80. The molecule has 21 heavy (non-hydrogen) atoms. The molecule has 1 aliphatic rings. The van der Waals surface area contributed by atoms with Gasteiger partial charge < -0.3 is 15.1 Å². The Morgan fingerprint density at radius 3 is 2.67 bits per heavy atom. The van der Waals surface area contributed by atoms with E-state index in [9.17, 15) is 4.79 Å². The molecule has 0 radical (unpaired) electrons. The standard InChI is InChI=1S/C16H16N2O2S/c17-15(21)11-3-1-4-12(9-11)16(19)18(13-6-7-13)10-14-5-2-8-20-14/h1-5,8-9,13H,6-7,10H2,(H2,17,21). The first-order valence-electron chi connectivity index (χ1n) is 6.88. The summed E-state index contributed by atoms with van der Waals surface area (Å²) in [6.07, 6.45) is 3.71. The fourth-order valence-electron chi connectivity index (χ4n) is 2.29. The number of nitrogens with zero attached hydrogens (tertiary/aromatic N) is 1. The summed E-state index contributed by atoms with van der Waals surface area (Å²) >= 11 is 4.97. The second-order valence-electron chi connectivity index (χ2n) is 5.19. The van der Waals surface area contributed by atoms with Crippen molar-refractivity contribution < 1.29 is 9.21 Å². The molecule has 0 spiro atoms. The molecule has 0 atom stereocenters. The van der Waals surface area contributed by atoms with Crippen LogP contribution in [0.4, 0.5) is 0 Å². The first-order chi connectivity index (χ1) is 10.1. The van der Waals surface area contributed by atoms with E-state index < -0.39 is 0 Å². The summed E-state index contributed by atoms with van der Waals surface area (Å²) in [6.45, 7) is 0.494. The van der Waals surface area contributed by atoms with Gasteiger partial charge in [-0.3, -0.25) is 4.79 Å². The maximum absolute atomic E-state index is 12.7. The smallest absolute Gasteiger partial charge is 0.254 e. The van der Waals surface area contributed by atoms with Crippen LogP contribution in [-0.2, 0) is 6.54 Å². The fraction of sp³-hybridized carbons (Fsp3) is 0.250. The van der Waals surface area contributed by atoms with Crippen LogP contribution in [0.25, 0.3) is 0 Å². The van der Waals surface area contributed by atoms with Gasteiger partial charge in [-0.2, -0.15) is 0 Å². The van der Waals surface area contributed by atoms with Crippen molar-refractivity contribution in [1.29, 1.82) is 0 Å². The predicted molar refractivity (Wildman–Crippen MR) is 83.9 cm³/mol. The van der Waals surface area contributed by atoms with E-state index in [-0.39, 0.29) is 5.91 Å². The number of hydrogen-bond donors (Lipinski definition) is 1. The van der Waals surface area contributed by atoms with Gasteiger partial charge in [0.2, 0.25) is 0 Å². The molecule has 1 saturated carbocycles. The van der Waals surface area contributed by atoms with Crippen molar-refractivity contribution in [3.63, 3.8) is 0 Å². The first kappa shape index (κ1) is 13.8. The molecule has 2 N–H and O–H groups in total. The van der Waals surface area contributed by atoms with E-state index in [1.165, 1.54) is 0 Å². The summed E-state index contributed by atoms with van der Waals surface area (Å²) < 4.78 is 5.36. The van der Waals surface area contributed by atoms with Crippen molar-refractivity contribution in [2.24, 2.45) is 5.73 Å². The zero-order valence-corrected chi connectivity index (χ0v) is 12.3. The van der Waals surface area contributed by atoms with Gasteiger partial charge in [0.1, 0.15) is 10.7 Å². The van der Waals surface area contributed by atoms with Gasteiger partial charge >= 0.3 is 0 Å². The molecule has 5 heteroatoms. The Hall–Kier alpha value is -2.14. The van der Waals surface area contributed by atoms with Crippen LogP contribution in [0.5, 0.6) is 0 Å². The largest absolute Gasteiger partial charge is 0.467 e. The van der Waals surface area contributed by atoms with Crippen molar-refractivity contribution in [2.45, 2.75) is 25.4 Å². The Labute approximate surface area is 128 Å². The number of carbonyl (C=O) groups is 1. The molecule has 2 aromatic rings. The van der Waals surface area contributed by atoms with Crippen LogP contribution in [0.3, 0.4) is 0 Å². The van der Waals surface area contributed by atoms with Gasteiger partial charge in [0.25, 0.3) is 5.91 Å². The van der Waals surface area contributed by atoms with E-state index in [1.807, 2.05) is 23.1 Å². The average molecular weight is 300 g/mol. The minimum Gasteiger partial charge on any atom is -0.467 e. The van der Waals surface area contributed by atoms with Crippen LogP contribution >= 0.6 is 12.2 Å². The van der Waals surface area contributed by atoms with Crippen molar-refractivity contribution in [3.8, 4) is 0 Å². The quantitative estimate of drug-likeness (QED) is 0.863. The van der Waals surface area contributed by atoms with Crippen LogP contribution < -0.4 is 5.73 Å². The summed E-state index contributed by atoms with van der Waals surface area (Å²) in [4.78, 5) is 14.9. The SMILES string of the molecule is NC(=S)c1cccc(C(=O)N(Cc2ccco2)C2CC2)c1. The summed E-state index contributed by atoms with van der Waals surface area (Å²) in [5.41, 5.74) is 6.95. The number of hydrogen-bond acceptors (Lipinski definition) is 3. The normalized spacial score (nSPS) is 13.9. The number of amides is 1. The molecule has 0 unspecified atom stereocenters. The van der Waals surface area contributed by atoms with Crippen molar-refractivity contribution in [1.82, 2.24) is 4.90 Å². The lowest BCUT2D eigenvalue weighted by molar-refractivity contribution is 0.0717. The average Bonchev–Trinajstić information content (AvgIpc) is 3.20. The van der Waals surface area contributed by atoms with E-state index >= 15 is 0 Å². The molecule has 1 aromatic carbocycles. The number of rotatable bonds is 5. The van der Waals surface area contributed by atoms with Crippen LogP contribution in [0.1, 0.15) is 34.5 Å². The highest BCUT2D eigenvalue weighted by Crippen LogP contribution is 2.30. The lowest BCUT2D eigenvalue weighted by Gasteiger charge is -2.21. The second kappa shape index (κ2) is 5.69. The molecule has 4 nitrogen and oxygen atoms in total. The Morgan fingerprint density at radius 2 is 2.05 bits per heavy atom. The van der Waals surface area contributed by atoms with E-state index in [1.54, 1.807) is 24.5 Å². The number of nitrogens with two attached hydrogens (primary N) is 1. The van der Waals surface area contributed by atoms with Gasteiger partial charge in [-0.25, -0.2) is 0 Å². The van der Waals surface area contributed by atoms with Gasteiger partial charge in [-0.05, 0) is 37.1 Å². The molecular formula is C16H16N2O2S. The molecule has 1 aromatic heterocycles. The van der Waals surface area contributed by atoms with Crippen molar-refractivity contribution in [3.05, 3.63) is 59.5 Å². The van der Waals surface area contributed by atoms with Crippen LogP contribution in [0, 0.1) is 0 Å². The number of furan rings is 1. The molecule has 108 valence electrons. The summed E-state index contributed by atoms with van der Waals surface area (Å²) in [7, 11) is 0.